The molecule has 0 fully saturated rings. The van der Waals surface area contributed by atoms with Crippen LogP contribution in [0.1, 0.15) is 18.1 Å². The van der Waals surface area contributed by atoms with Crippen molar-refractivity contribution in [1.82, 2.24) is 0 Å². The molecular weight excluding hydrogens is 345 g/mol. The molecule has 0 heterocycles. The molecule has 0 saturated heterocycles. The van der Waals surface area contributed by atoms with E-state index in [1.807, 2.05) is 0 Å². The number of hydrogen-bond donors (Lipinski definition) is 2. The molecule has 0 aliphatic rings. The minimum absolute atomic E-state index is 0.197. The first-order chi connectivity index (χ1) is 7.47. The summed E-state index contributed by atoms with van der Waals surface area (Å²) in [5, 5.41) is 27.7. The zero-order valence-electron chi connectivity index (χ0n) is 7.99. The molecule has 6 heteroatoms. The lowest BCUT2D eigenvalue weighted by atomic mass is 10.0. The van der Waals surface area contributed by atoms with Crippen LogP contribution in [-0.4, -0.2) is 16.3 Å². The Hall–Kier alpha value is -0.480. The van der Waals surface area contributed by atoms with Crippen molar-refractivity contribution in [1.29, 1.82) is 5.26 Å². The first-order valence-electron chi connectivity index (χ1n) is 4.35. The lowest BCUT2D eigenvalue weighted by molar-refractivity contribution is 0.0207. The summed E-state index contributed by atoms with van der Waals surface area (Å²) in [5.74, 6) is -0.468. The highest BCUT2D eigenvalue weighted by Crippen LogP contribution is 2.34. The predicted octanol–water partition coefficient (Wildman–Crippen LogP) is 2.66. The van der Waals surface area contributed by atoms with E-state index < -0.39 is 18.0 Å². The highest BCUT2D eigenvalue weighted by molar-refractivity contribution is 9.11. The minimum Gasteiger partial charge on any atom is -0.389 e. The number of nitriles is 1. The molecule has 0 aromatic heterocycles. The van der Waals surface area contributed by atoms with Gasteiger partial charge in [0.15, 0.2) is 0 Å². The maximum Gasteiger partial charge on any atom is 0.125 e. The lowest BCUT2D eigenvalue weighted by Crippen LogP contribution is -2.18. The summed E-state index contributed by atoms with van der Waals surface area (Å²) >= 11 is 6.19. The Morgan fingerprint density at radius 3 is 2.25 bits per heavy atom. The van der Waals surface area contributed by atoms with Gasteiger partial charge in [-0.1, -0.05) is 31.9 Å². The smallest absolute Gasteiger partial charge is 0.125 e. The number of benzene rings is 1. The molecule has 86 valence electrons. The van der Waals surface area contributed by atoms with Crippen LogP contribution < -0.4 is 0 Å². The normalized spacial score (nSPS) is 14.2. The molecule has 0 aliphatic carbocycles. The monoisotopic (exact) mass is 351 g/mol. The molecule has 0 bridgehead atoms. The van der Waals surface area contributed by atoms with Crippen LogP contribution in [0.25, 0.3) is 0 Å². The summed E-state index contributed by atoms with van der Waals surface area (Å²) in [5.41, 5.74) is 0.323. The van der Waals surface area contributed by atoms with E-state index in [-0.39, 0.29) is 6.42 Å². The number of nitrogens with zero attached hydrogens (tertiary/aromatic N) is 1. The maximum absolute atomic E-state index is 13.0. The van der Waals surface area contributed by atoms with Crippen molar-refractivity contribution in [3.05, 3.63) is 32.5 Å². The molecule has 3 nitrogen and oxygen atoms in total. The average Bonchev–Trinajstić information content (AvgIpc) is 2.16. The van der Waals surface area contributed by atoms with Crippen LogP contribution in [0.2, 0.25) is 0 Å². The van der Waals surface area contributed by atoms with Gasteiger partial charge < -0.3 is 10.2 Å². The number of hydrogen-bond acceptors (Lipinski definition) is 3. The van der Waals surface area contributed by atoms with Gasteiger partial charge in [-0.3, -0.25) is 0 Å². The fraction of sp³-hybridized carbons (Fsp3) is 0.300. The van der Waals surface area contributed by atoms with Gasteiger partial charge >= 0.3 is 0 Å². The van der Waals surface area contributed by atoms with Crippen molar-refractivity contribution in [3.63, 3.8) is 0 Å². The van der Waals surface area contributed by atoms with Gasteiger partial charge in [0, 0.05) is 14.5 Å². The summed E-state index contributed by atoms with van der Waals surface area (Å²) in [6, 6.07) is 4.12. The Bertz CT molecular complexity index is 410. The second-order valence-corrected chi connectivity index (χ2v) is 4.87. The highest BCUT2D eigenvalue weighted by atomic mass is 79.9. The average molecular weight is 353 g/mol. The fourth-order valence-electron chi connectivity index (χ4n) is 1.23. The van der Waals surface area contributed by atoms with Crippen LogP contribution in [0, 0.1) is 17.1 Å². The molecule has 2 N–H and O–H groups in total. The second-order valence-electron chi connectivity index (χ2n) is 3.16. The molecular formula is C10H8Br2FNO2. The van der Waals surface area contributed by atoms with Crippen molar-refractivity contribution >= 4 is 31.9 Å². The maximum atomic E-state index is 13.0. The van der Waals surface area contributed by atoms with E-state index in [1.165, 1.54) is 12.1 Å². The van der Waals surface area contributed by atoms with Crippen LogP contribution in [0.5, 0.6) is 0 Å². The van der Waals surface area contributed by atoms with E-state index >= 15 is 0 Å². The van der Waals surface area contributed by atoms with Crippen LogP contribution in [-0.2, 0) is 0 Å². The van der Waals surface area contributed by atoms with E-state index in [9.17, 15) is 14.6 Å². The summed E-state index contributed by atoms with van der Waals surface area (Å²) < 4.78 is 13.6. The van der Waals surface area contributed by atoms with E-state index in [2.05, 4.69) is 31.9 Å². The predicted molar refractivity (Wildman–Crippen MR) is 63.0 cm³/mol. The largest absolute Gasteiger partial charge is 0.389 e. The van der Waals surface area contributed by atoms with Gasteiger partial charge in [-0.15, -0.1) is 0 Å². The molecule has 1 aromatic carbocycles. The van der Waals surface area contributed by atoms with Gasteiger partial charge in [0.25, 0.3) is 0 Å². The van der Waals surface area contributed by atoms with Crippen LogP contribution in [0.3, 0.4) is 0 Å². The second kappa shape index (κ2) is 5.73. The quantitative estimate of drug-likeness (QED) is 0.878. The molecule has 0 spiro atoms. The number of aliphatic hydroxyl groups excluding tert-OH is 2. The Morgan fingerprint density at radius 1 is 1.31 bits per heavy atom. The summed E-state index contributed by atoms with van der Waals surface area (Å²) in [6.45, 7) is 0. The van der Waals surface area contributed by atoms with Gasteiger partial charge in [-0.25, -0.2) is 4.39 Å². The third kappa shape index (κ3) is 3.01. The SMILES string of the molecule is N#CCC(O)C(O)c1c(Br)cc(F)cc1Br. The minimum atomic E-state index is -1.25. The lowest BCUT2D eigenvalue weighted by Gasteiger charge is -2.18. The standard InChI is InChI=1S/C10H8Br2FNO2/c11-6-3-5(13)4-7(12)9(6)10(16)8(15)1-2-14/h3-4,8,10,15-16H,1H2. The number of aliphatic hydroxyl groups is 2. The van der Waals surface area contributed by atoms with Gasteiger partial charge in [0.1, 0.15) is 11.9 Å². The number of halogens is 3. The Morgan fingerprint density at radius 2 is 1.81 bits per heavy atom. The van der Waals surface area contributed by atoms with Crippen molar-refractivity contribution in [3.8, 4) is 6.07 Å². The molecule has 1 aromatic rings. The molecule has 0 radical (unpaired) electrons. The zero-order valence-corrected chi connectivity index (χ0v) is 11.2. The molecule has 1 rings (SSSR count). The first kappa shape index (κ1) is 13.6. The van der Waals surface area contributed by atoms with Gasteiger partial charge in [-0.05, 0) is 12.1 Å². The zero-order chi connectivity index (χ0) is 12.3. The van der Waals surface area contributed by atoms with Crippen LogP contribution in [0.4, 0.5) is 4.39 Å². The first-order valence-corrected chi connectivity index (χ1v) is 5.93. The van der Waals surface area contributed by atoms with Gasteiger partial charge in [0.2, 0.25) is 0 Å². The molecule has 16 heavy (non-hydrogen) atoms. The highest BCUT2D eigenvalue weighted by Gasteiger charge is 2.23. The van der Waals surface area contributed by atoms with Gasteiger partial charge in [-0.2, -0.15) is 5.26 Å². The Balaban J connectivity index is 3.09. The number of rotatable bonds is 3. The molecule has 0 aliphatic heterocycles. The molecule has 2 atom stereocenters. The van der Waals surface area contributed by atoms with E-state index in [0.29, 0.717) is 14.5 Å². The fourth-order valence-corrected chi connectivity index (χ4v) is 2.83. The third-order valence-corrected chi connectivity index (χ3v) is 3.32. The summed E-state index contributed by atoms with van der Waals surface area (Å²) in [6.07, 6.45) is -2.65. The Labute approximate surface area is 109 Å². The molecule has 2 unspecified atom stereocenters. The summed E-state index contributed by atoms with van der Waals surface area (Å²) in [7, 11) is 0. The van der Waals surface area contributed by atoms with Crippen LogP contribution in [0.15, 0.2) is 21.1 Å². The van der Waals surface area contributed by atoms with Crippen LogP contribution >= 0.6 is 31.9 Å². The van der Waals surface area contributed by atoms with Crippen molar-refractivity contribution in [2.24, 2.45) is 0 Å². The third-order valence-electron chi connectivity index (χ3n) is 2.00. The topological polar surface area (TPSA) is 64.2 Å². The molecule has 0 amide bonds. The van der Waals surface area contributed by atoms with Crippen molar-refractivity contribution in [2.75, 3.05) is 0 Å². The van der Waals surface area contributed by atoms with Gasteiger partial charge in [0.05, 0.1) is 18.6 Å². The summed E-state index contributed by atoms with van der Waals surface area (Å²) in [4.78, 5) is 0. The van der Waals surface area contributed by atoms with E-state index in [1.54, 1.807) is 6.07 Å². The van der Waals surface area contributed by atoms with Crippen molar-refractivity contribution in [2.45, 2.75) is 18.6 Å². The Kier molecular flexibility index (Phi) is 4.87. The molecule has 0 saturated carbocycles. The van der Waals surface area contributed by atoms with Crippen molar-refractivity contribution < 1.29 is 14.6 Å². The van der Waals surface area contributed by atoms with E-state index in [4.69, 9.17) is 5.26 Å². The van der Waals surface area contributed by atoms with E-state index in [0.717, 1.165) is 0 Å².